The van der Waals surface area contributed by atoms with E-state index in [1.807, 2.05) is 11.0 Å². The van der Waals surface area contributed by atoms with Gasteiger partial charge in [0, 0.05) is 18.3 Å². The first-order valence-corrected chi connectivity index (χ1v) is 13.2. The Kier molecular flexibility index (Phi) is 8.46. The zero-order valence-electron chi connectivity index (χ0n) is 19.4. The predicted octanol–water partition coefficient (Wildman–Crippen LogP) is 4.42. The molecule has 1 saturated heterocycles. The molecule has 2 aromatic carbocycles. The number of benzene rings is 2. The molecular weight excluding hydrogens is 481 g/mol. The number of allylic oxidation sites excluding steroid dienone is 1. The number of anilines is 1. The minimum atomic E-state index is -4.24. The summed E-state index contributed by atoms with van der Waals surface area (Å²) in [6.07, 6.45) is -3.39. The van der Waals surface area contributed by atoms with Crippen molar-refractivity contribution < 1.29 is 31.8 Å². The van der Waals surface area contributed by atoms with Crippen LogP contribution in [0.2, 0.25) is 0 Å². The fraction of sp³-hybridized carbons (Fsp3) is 0.480. The van der Waals surface area contributed by atoms with Crippen molar-refractivity contribution >= 4 is 32.4 Å². The number of aliphatic hydroxyl groups excluding tert-OH is 2. The highest BCUT2D eigenvalue weighted by molar-refractivity contribution is 7.95. The number of alkyl halides is 3. The lowest BCUT2D eigenvalue weighted by Crippen LogP contribution is -2.50. The maximum Gasteiger partial charge on any atom is 0.393 e. The number of halogens is 3. The van der Waals surface area contributed by atoms with Gasteiger partial charge in [-0.3, -0.25) is 0 Å². The van der Waals surface area contributed by atoms with Crippen molar-refractivity contribution in [3.63, 3.8) is 0 Å². The molecule has 1 aliphatic rings. The Morgan fingerprint density at radius 1 is 1.26 bits per heavy atom. The average Bonchev–Trinajstić information content (AvgIpc) is 2.84. The number of fused-ring (bicyclic) bond motifs is 1. The molecule has 6 nitrogen and oxygen atoms in total. The molecule has 3 unspecified atom stereocenters. The molecule has 0 aliphatic carbocycles. The van der Waals surface area contributed by atoms with Gasteiger partial charge in [-0.05, 0) is 66.3 Å². The van der Waals surface area contributed by atoms with Gasteiger partial charge in [-0.25, -0.2) is 8.42 Å². The van der Waals surface area contributed by atoms with Crippen LogP contribution in [-0.2, 0) is 9.84 Å². The van der Waals surface area contributed by atoms with E-state index >= 15 is 0 Å². The first kappa shape index (κ1) is 27.0. The van der Waals surface area contributed by atoms with E-state index in [4.69, 9.17) is 5.11 Å². The van der Waals surface area contributed by atoms with Crippen molar-refractivity contribution in [3.05, 3.63) is 46.9 Å². The first-order valence-electron chi connectivity index (χ1n) is 11.5. The van der Waals surface area contributed by atoms with E-state index in [1.54, 1.807) is 43.3 Å². The first-order chi connectivity index (χ1) is 16.5. The molecule has 0 amide bonds. The fourth-order valence-electron chi connectivity index (χ4n) is 4.62. The van der Waals surface area contributed by atoms with Crippen molar-refractivity contribution in [2.45, 2.75) is 50.9 Å². The van der Waals surface area contributed by atoms with Gasteiger partial charge in [0.05, 0.1) is 24.4 Å². The second-order valence-corrected chi connectivity index (χ2v) is 10.9. The van der Waals surface area contributed by atoms with Gasteiger partial charge in [0.1, 0.15) is 11.0 Å². The number of hydrogen-bond acceptors (Lipinski definition) is 6. The summed E-state index contributed by atoms with van der Waals surface area (Å²) in [6, 6.07) is 11.6. The summed E-state index contributed by atoms with van der Waals surface area (Å²) in [6.45, 7) is 1.75. The van der Waals surface area contributed by atoms with Crippen molar-refractivity contribution in [3.8, 4) is 6.07 Å². The number of nitriles is 1. The monoisotopic (exact) mass is 510 g/mol. The Balaban J connectivity index is 1.88. The lowest BCUT2D eigenvalue weighted by Gasteiger charge is -2.43. The van der Waals surface area contributed by atoms with Crippen LogP contribution < -0.4 is 4.90 Å². The highest BCUT2D eigenvalue weighted by atomic mass is 32.2. The molecule has 0 saturated carbocycles. The molecule has 1 fully saturated rings. The lowest BCUT2D eigenvalue weighted by molar-refractivity contribution is -0.185. The third-order valence-electron chi connectivity index (χ3n) is 6.47. The predicted molar refractivity (Wildman–Crippen MR) is 129 cm³/mol. The van der Waals surface area contributed by atoms with Crippen LogP contribution in [0, 0.1) is 17.2 Å². The zero-order valence-corrected chi connectivity index (χ0v) is 20.2. The second-order valence-electron chi connectivity index (χ2n) is 8.81. The van der Waals surface area contributed by atoms with E-state index in [-0.39, 0.29) is 12.8 Å². The van der Waals surface area contributed by atoms with Crippen LogP contribution in [0.3, 0.4) is 0 Å². The van der Waals surface area contributed by atoms with Gasteiger partial charge in [-0.2, -0.15) is 18.4 Å². The van der Waals surface area contributed by atoms with E-state index in [9.17, 15) is 32.0 Å². The smallest absolute Gasteiger partial charge is 0.393 e. The molecule has 3 rings (SSSR count). The summed E-state index contributed by atoms with van der Waals surface area (Å²) in [5.74, 6) is -1.84. The van der Waals surface area contributed by atoms with Crippen LogP contribution in [0.15, 0.2) is 41.3 Å². The summed E-state index contributed by atoms with van der Waals surface area (Å²) in [5.41, 5.74) is 1.19. The van der Waals surface area contributed by atoms with E-state index in [2.05, 4.69) is 0 Å². The molecule has 35 heavy (non-hydrogen) atoms. The third kappa shape index (κ3) is 6.34. The standard InChI is InChI=1S/C25H29F3N2O4S/c1-2-24-23(25(26,27)28)4-3-10-30(24)20-8-7-18-12-17(5-6-19(18)14-20)13-22(15-29)35(33,34)11-9-21(32)16-31/h5-8,12-14,21,23-24,31-32H,2-4,9-11,16H2,1H3/b22-13+. The van der Waals surface area contributed by atoms with Crippen LogP contribution in [0.5, 0.6) is 0 Å². The van der Waals surface area contributed by atoms with Crippen molar-refractivity contribution in [1.29, 1.82) is 5.26 Å². The fourth-order valence-corrected chi connectivity index (χ4v) is 5.88. The Labute approximate surface area is 203 Å². The quantitative estimate of drug-likeness (QED) is 0.510. The highest BCUT2D eigenvalue weighted by Crippen LogP contribution is 2.41. The topological polar surface area (TPSA) is 102 Å². The van der Waals surface area contributed by atoms with E-state index in [0.29, 0.717) is 30.6 Å². The Hall–Kier alpha value is -2.61. The third-order valence-corrected chi connectivity index (χ3v) is 8.12. The molecule has 0 aromatic heterocycles. The summed E-state index contributed by atoms with van der Waals surface area (Å²) >= 11 is 0. The summed E-state index contributed by atoms with van der Waals surface area (Å²) in [5, 5.41) is 29.2. The van der Waals surface area contributed by atoms with Crippen LogP contribution in [-0.4, -0.2) is 55.9 Å². The zero-order chi connectivity index (χ0) is 25.8. The van der Waals surface area contributed by atoms with Gasteiger partial charge >= 0.3 is 6.18 Å². The number of rotatable bonds is 8. The number of piperidine rings is 1. The summed E-state index contributed by atoms with van der Waals surface area (Å²) in [4.78, 5) is 1.38. The molecule has 0 radical (unpaired) electrons. The van der Waals surface area contributed by atoms with Crippen LogP contribution in [0.1, 0.15) is 38.2 Å². The van der Waals surface area contributed by atoms with E-state index in [0.717, 1.165) is 10.8 Å². The molecule has 1 aliphatic heterocycles. The van der Waals surface area contributed by atoms with Crippen molar-refractivity contribution in [2.24, 2.45) is 5.92 Å². The van der Waals surface area contributed by atoms with E-state index < -0.39 is 51.3 Å². The molecule has 190 valence electrons. The molecule has 2 N–H and O–H groups in total. The highest BCUT2D eigenvalue weighted by Gasteiger charge is 2.47. The molecule has 0 bridgehead atoms. The Morgan fingerprint density at radius 3 is 2.57 bits per heavy atom. The lowest BCUT2D eigenvalue weighted by atomic mass is 9.86. The molecule has 2 aromatic rings. The molecule has 0 spiro atoms. The molecule has 10 heteroatoms. The van der Waals surface area contributed by atoms with Crippen molar-refractivity contribution in [1.82, 2.24) is 0 Å². The molecule has 3 atom stereocenters. The minimum Gasteiger partial charge on any atom is -0.394 e. The van der Waals surface area contributed by atoms with Gasteiger partial charge in [-0.1, -0.05) is 25.1 Å². The van der Waals surface area contributed by atoms with Crippen LogP contribution in [0.25, 0.3) is 16.8 Å². The number of hydrogen-bond donors (Lipinski definition) is 2. The van der Waals surface area contributed by atoms with Crippen LogP contribution >= 0.6 is 0 Å². The largest absolute Gasteiger partial charge is 0.394 e. The van der Waals surface area contributed by atoms with Crippen LogP contribution in [0.4, 0.5) is 18.9 Å². The Bertz CT molecular complexity index is 1220. The minimum absolute atomic E-state index is 0.130. The Morgan fingerprint density at radius 2 is 1.94 bits per heavy atom. The maximum absolute atomic E-state index is 13.6. The molecular formula is C25H29F3N2O4S. The number of sulfone groups is 1. The number of nitrogens with zero attached hydrogens (tertiary/aromatic N) is 2. The average molecular weight is 511 g/mol. The maximum atomic E-state index is 13.6. The second kappa shape index (κ2) is 11.0. The van der Waals surface area contributed by atoms with Gasteiger partial charge in [-0.15, -0.1) is 0 Å². The van der Waals surface area contributed by atoms with Gasteiger partial charge in [0.25, 0.3) is 0 Å². The van der Waals surface area contributed by atoms with Gasteiger partial charge in [0.2, 0.25) is 0 Å². The summed E-state index contributed by atoms with van der Waals surface area (Å²) in [7, 11) is -3.95. The van der Waals surface area contributed by atoms with Gasteiger partial charge < -0.3 is 15.1 Å². The summed E-state index contributed by atoms with van der Waals surface area (Å²) < 4.78 is 65.6. The normalized spacial score (nSPS) is 20.6. The SMILES string of the molecule is CCC1C(C(F)(F)F)CCCN1c1ccc2cc(/C=C(\C#N)S(=O)(=O)CCC(O)CO)ccc2c1. The van der Waals surface area contributed by atoms with Gasteiger partial charge in [0.15, 0.2) is 9.84 Å². The molecule has 1 heterocycles. The number of aliphatic hydroxyl groups is 2. The van der Waals surface area contributed by atoms with Crippen molar-refractivity contribution in [2.75, 3.05) is 23.8 Å². The van der Waals surface area contributed by atoms with E-state index in [1.165, 1.54) is 6.08 Å².